The highest BCUT2D eigenvalue weighted by atomic mass is 32.2. The largest absolute Gasteiger partial charge is 0.349 e. The number of anilines is 1. The Labute approximate surface area is 154 Å². The Morgan fingerprint density at radius 3 is 2.35 bits per heavy atom. The van der Waals surface area contributed by atoms with Crippen molar-refractivity contribution in [3.63, 3.8) is 0 Å². The smallest absolute Gasteiger partial charge is 0.261 e. The summed E-state index contributed by atoms with van der Waals surface area (Å²) < 4.78 is 27.4. The fraction of sp³-hybridized carbons (Fsp3) is 0.350. The van der Waals surface area contributed by atoms with Gasteiger partial charge in [-0.3, -0.25) is 9.52 Å². The van der Waals surface area contributed by atoms with E-state index in [0.717, 1.165) is 31.6 Å². The van der Waals surface area contributed by atoms with Crippen LogP contribution in [0.5, 0.6) is 0 Å². The van der Waals surface area contributed by atoms with Gasteiger partial charge in [-0.2, -0.15) is 0 Å². The summed E-state index contributed by atoms with van der Waals surface area (Å²) in [5, 5.41) is 3.06. The molecular weight excluding hydrogens is 348 g/mol. The molecule has 26 heavy (non-hydrogen) atoms. The molecule has 1 amide bonds. The maximum absolute atomic E-state index is 12.5. The van der Waals surface area contributed by atoms with Crippen LogP contribution in [0.2, 0.25) is 0 Å². The van der Waals surface area contributed by atoms with Crippen LogP contribution >= 0.6 is 0 Å². The predicted octanol–water partition coefficient (Wildman–Crippen LogP) is 3.80. The van der Waals surface area contributed by atoms with Crippen molar-refractivity contribution < 1.29 is 13.2 Å². The minimum atomic E-state index is -3.67. The van der Waals surface area contributed by atoms with Crippen LogP contribution in [0.15, 0.2) is 59.5 Å². The van der Waals surface area contributed by atoms with Gasteiger partial charge in [0, 0.05) is 17.3 Å². The third kappa shape index (κ3) is 4.64. The Balaban J connectivity index is 1.69. The summed E-state index contributed by atoms with van der Waals surface area (Å²) in [6.07, 6.45) is 4.24. The fourth-order valence-corrected chi connectivity index (χ4v) is 4.28. The summed E-state index contributed by atoms with van der Waals surface area (Å²) in [4.78, 5) is 12.7. The first-order chi connectivity index (χ1) is 12.4. The van der Waals surface area contributed by atoms with Gasteiger partial charge < -0.3 is 5.32 Å². The van der Waals surface area contributed by atoms with Gasteiger partial charge in [0.15, 0.2) is 0 Å². The number of carbonyl (C=O) groups excluding carboxylic acids is 1. The van der Waals surface area contributed by atoms with E-state index in [1.165, 1.54) is 12.1 Å². The van der Waals surface area contributed by atoms with E-state index in [0.29, 0.717) is 11.3 Å². The minimum Gasteiger partial charge on any atom is -0.349 e. The second-order valence-electron chi connectivity index (χ2n) is 6.93. The monoisotopic (exact) mass is 372 g/mol. The molecule has 138 valence electrons. The van der Waals surface area contributed by atoms with E-state index in [1.54, 1.807) is 42.5 Å². The van der Waals surface area contributed by atoms with Crippen LogP contribution in [-0.4, -0.2) is 20.4 Å². The predicted molar refractivity (Wildman–Crippen MR) is 103 cm³/mol. The lowest BCUT2D eigenvalue weighted by molar-refractivity contribution is 0.0923. The normalized spacial score (nSPS) is 20.3. The van der Waals surface area contributed by atoms with Crippen LogP contribution in [0.1, 0.15) is 43.0 Å². The summed E-state index contributed by atoms with van der Waals surface area (Å²) >= 11 is 0. The van der Waals surface area contributed by atoms with Gasteiger partial charge in [-0.1, -0.05) is 31.2 Å². The van der Waals surface area contributed by atoms with Crippen LogP contribution in [0, 0.1) is 5.92 Å². The Hall–Kier alpha value is -2.34. The minimum absolute atomic E-state index is 0.162. The molecule has 0 unspecified atom stereocenters. The van der Waals surface area contributed by atoms with Crippen molar-refractivity contribution in [3.05, 3.63) is 60.2 Å². The summed E-state index contributed by atoms with van der Waals surface area (Å²) in [5.41, 5.74) is 0.829. The number of carbonyl (C=O) groups is 1. The maximum atomic E-state index is 12.5. The molecule has 2 N–H and O–H groups in total. The lowest BCUT2D eigenvalue weighted by Crippen LogP contribution is -2.37. The van der Waals surface area contributed by atoms with E-state index in [9.17, 15) is 13.2 Å². The number of sulfonamides is 1. The highest BCUT2D eigenvalue weighted by Crippen LogP contribution is 2.24. The van der Waals surface area contributed by atoms with Gasteiger partial charge in [-0.05, 0) is 61.9 Å². The van der Waals surface area contributed by atoms with E-state index in [2.05, 4.69) is 17.0 Å². The van der Waals surface area contributed by atoms with Crippen molar-refractivity contribution in [2.45, 2.75) is 43.5 Å². The molecule has 1 saturated carbocycles. The first-order valence-corrected chi connectivity index (χ1v) is 10.4. The van der Waals surface area contributed by atoms with Gasteiger partial charge in [0.25, 0.3) is 15.9 Å². The molecule has 1 aliphatic carbocycles. The summed E-state index contributed by atoms with van der Waals surface area (Å²) in [6.45, 7) is 2.24. The first kappa shape index (κ1) is 18.5. The SMILES string of the molecule is CC1CCC(NC(=O)c2cccc(NS(=O)(=O)c3ccccc3)c2)CC1. The Bertz CT molecular complexity index is 858. The van der Waals surface area contributed by atoms with Crippen LogP contribution in [0.3, 0.4) is 0 Å². The lowest BCUT2D eigenvalue weighted by atomic mass is 9.87. The molecule has 0 heterocycles. The second kappa shape index (κ2) is 7.91. The van der Waals surface area contributed by atoms with Gasteiger partial charge in [0.2, 0.25) is 0 Å². The number of amides is 1. The van der Waals surface area contributed by atoms with Crippen molar-refractivity contribution in [2.24, 2.45) is 5.92 Å². The van der Waals surface area contributed by atoms with Crippen molar-refractivity contribution in [1.29, 1.82) is 0 Å². The molecule has 0 aromatic heterocycles. The van der Waals surface area contributed by atoms with E-state index in [4.69, 9.17) is 0 Å². The van der Waals surface area contributed by atoms with E-state index >= 15 is 0 Å². The van der Waals surface area contributed by atoms with Gasteiger partial charge in [0.05, 0.1) is 4.90 Å². The molecule has 5 nitrogen and oxygen atoms in total. The van der Waals surface area contributed by atoms with Gasteiger partial charge in [0.1, 0.15) is 0 Å². The Morgan fingerprint density at radius 1 is 0.962 bits per heavy atom. The molecule has 0 atom stereocenters. The van der Waals surface area contributed by atoms with Crippen LogP contribution in [-0.2, 0) is 10.0 Å². The quantitative estimate of drug-likeness (QED) is 0.838. The average molecular weight is 372 g/mol. The molecule has 3 rings (SSSR count). The highest BCUT2D eigenvalue weighted by molar-refractivity contribution is 7.92. The topological polar surface area (TPSA) is 75.3 Å². The zero-order valence-corrected chi connectivity index (χ0v) is 15.6. The summed E-state index contributed by atoms with van der Waals surface area (Å²) in [6, 6.07) is 14.9. The van der Waals surface area contributed by atoms with Crippen molar-refractivity contribution in [2.75, 3.05) is 4.72 Å². The number of rotatable bonds is 5. The second-order valence-corrected chi connectivity index (χ2v) is 8.61. The lowest BCUT2D eigenvalue weighted by Gasteiger charge is -2.27. The van der Waals surface area contributed by atoms with Crippen LogP contribution in [0.25, 0.3) is 0 Å². The third-order valence-electron chi connectivity index (χ3n) is 4.78. The van der Waals surface area contributed by atoms with Crippen molar-refractivity contribution in [1.82, 2.24) is 5.32 Å². The molecule has 2 aromatic rings. The number of nitrogens with one attached hydrogen (secondary N) is 2. The molecule has 0 radical (unpaired) electrons. The number of hydrogen-bond donors (Lipinski definition) is 2. The van der Waals surface area contributed by atoms with Crippen LogP contribution in [0.4, 0.5) is 5.69 Å². The zero-order chi connectivity index (χ0) is 18.6. The molecule has 0 bridgehead atoms. The highest BCUT2D eigenvalue weighted by Gasteiger charge is 2.21. The summed E-state index contributed by atoms with van der Waals surface area (Å²) in [7, 11) is -3.67. The van der Waals surface area contributed by atoms with Gasteiger partial charge in [-0.15, -0.1) is 0 Å². The maximum Gasteiger partial charge on any atom is 0.261 e. The average Bonchev–Trinajstić information content (AvgIpc) is 2.64. The van der Waals surface area contributed by atoms with E-state index < -0.39 is 10.0 Å². The van der Waals surface area contributed by atoms with Crippen molar-refractivity contribution in [3.8, 4) is 0 Å². The van der Waals surface area contributed by atoms with Crippen LogP contribution < -0.4 is 10.0 Å². The Kier molecular flexibility index (Phi) is 5.61. The molecule has 0 spiro atoms. The van der Waals surface area contributed by atoms with Gasteiger partial charge >= 0.3 is 0 Å². The van der Waals surface area contributed by atoms with E-state index in [1.807, 2.05) is 0 Å². The fourth-order valence-electron chi connectivity index (χ4n) is 3.21. The zero-order valence-electron chi connectivity index (χ0n) is 14.8. The van der Waals surface area contributed by atoms with E-state index in [-0.39, 0.29) is 16.8 Å². The molecule has 1 fully saturated rings. The molecule has 0 aliphatic heterocycles. The Morgan fingerprint density at radius 2 is 1.65 bits per heavy atom. The molecular formula is C20H24N2O3S. The van der Waals surface area contributed by atoms with Crippen molar-refractivity contribution >= 4 is 21.6 Å². The number of benzene rings is 2. The molecule has 1 aliphatic rings. The number of hydrogen-bond acceptors (Lipinski definition) is 3. The molecule has 0 saturated heterocycles. The third-order valence-corrected chi connectivity index (χ3v) is 6.18. The molecule has 6 heteroatoms. The standard InChI is InChI=1S/C20H24N2O3S/c1-15-10-12-17(13-11-15)21-20(23)16-6-5-7-18(14-16)22-26(24,25)19-8-3-2-4-9-19/h2-9,14-15,17,22H,10-13H2,1H3,(H,21,23). The first-order valence-electron chi connectivity index (χ1n) is 8.93. The van der Waals surface area contributed by atoms with Gasteiger partial charge in [-0.25, -0.2) is 8.42 Å². The molecule has 2 aromatic carbocycles. The summed E-state index contributed by atoms with van der Waals surface area (Å²) in [5.74, 6) is 0.559.